The molecule has 4 amide bonds. The van der Waals surface area contributed by atoms with Crippen molar-refractivity contribution in [2.75, 3.05) is 6.54 Å². The molecule has 25 heavy (non-hydrogen) atoms. The van der Waals surface area contributed by atoms with E-state index in [4.69, 9.17) is 0 Å². The second kappa shape index (κ2) is 6.68. The van der Waals surface area contributed by atoms with Crippen molar-refractivity contribution in [2.45, 2.75) is 25.4 Å². The zero-order valence-electron chi connectivity index (χ0n) is 14.0. The van der Waals surface area contributed by atoms with E-state index < -0.39 is 17.5 Å². The van der Waals surface area contributed by atoms with Crippen LogP contribution in [0.4, 0.5) is 4.79 Å². The van der Waals surface area contributed by atoms with Gasteiger partial charge in [-0.25, -0.2) is 4.79 Å². The highest BCUT2D eigenvalue weighted by Gasteiger charge is 2.50. The van der Waals surface area contributed by atoms with Crippen LogP contribution in [0.25, 0.3) is 0 Å². The number of rotatable bonds is 5. The normalized spacial score (nSPS) is 21.1. The summed E-state index contributed by atoms with van der Waals surface area (Å²) in [5.74, 6) is -0.794. The summed E-state index contributed by atoms with van der Waals surface area (Å²) >= 11 is 1.39. The van der Waals surface area contributed by atoms with E-state index in [1.807, 2.05) is 48.7 Å². The SMILES string of the molecule is CC(NC(=O)CN1C(=O)NC(C)(c2cccs2)C1=O)c1ccccc1. The van der Waals surface area contributed by atoms with Crippen LogP contribution in [0.3, 0.4) is 0 Å². The zero-order chi connectivity index (χ0) is 18.0. The van der Waals surface area contributed by atoms with Gasteiger partial charge in [0, 0.05) is 4.88 Å². The fourth-order valence-electron chi connectivity index (χ4n) is 2.83. The number of hydrogen-bond acceptors (Lipinski definition) is 4. The number of urea groups is 1. The van der Waals surface area contributed by atoms with E-state index in [2.05, 4.69) is 10.6 Å². The van der Waals surface area contributed by atoms with Gasteiger partial charge in [-0.1, -0.05) is 36.4 Å². The first-order chi connectivity index (χ1) is 11.9. The van der Waals surface area contributed by atoms with Gasteiger partial charge in [-0.15, -0.1) is 11.3 Å². The van der Waals surface area contributed by atoms with E-state index in [0.29, 0.717) is 0 Å². The second-order valence-corrected chi connectivity index (χ2v) is 7.07. The van der Waals surface area contributed by atoms with Crippen LogP contribution < -0.4 is 10.6 Å². The highest BCUT2D eigenvalue weighted by atomic mass is 32.1. The van der Waals surface area contributed by atoms with Crippen LogP contribution in [-0.2, 0) is 15.1 Å². The van der Waals surface area contributed by atoms with Gasteiger partial charge in [0.1, 0.15) is 6.54 Å². The average Bonchev–Trinajstić information content (AvgIpc) is 3.20. The number of imide groups is 1. The molecule has 7 heteroatoms. The molecule has 1 saturated heterocycles. The van der Waals surface area contributed by atoms with Gasteiger partial charge in [0.25, 0.3) is 5.91 Å². The van der Waals surface area contributed by atoms with Gasteiger partial charge >= 0.3 is 6.03 Å². The summed E-state index contributed by atoms with van der Waals surface area (Å²) in [6.07, 6.45) is 0. The molecule has 2 heterocycles. The fraction of sp³-hybridized carbons (Fsp3) is 0.278. The van der Waals surface area contributed by atoms with Crippen LogP contribution in [-0.4, -0.2) is 29.3 Å². The number of thiophene rings is 1. The lowest BCUT2D eigenvalue weighted by atomic mass is 10.0. The molecule has 0 radical (unpaired) electrons. The number of nitrogens with one attached hydrogen (secondary N) is 2. The van der Waals surface area contributed by atoms with Gasteiger partial charge in [-0.3, -0.25) is 14.5 Å². The average molecular weight is 357 g/mol. The Labute approximate surface area is 149 Å². The van der Waals surface area contributed by atoms with E-state index in [-0.39, 0.29) is 18.5 Å². The van der Waals surface area contributed by atoms with Crippen molar-refractivity contribution in [3.05, 3.63) is 58.3 Å². The third kappa shape index (κ3) is 3.28. The number of nitrogens with zero attached hydrogens (tertiary/aromatic N) is 1. The number of amides is 4. The minimum absolute atomic E-state index is 0.210. The van der Waals surface area contributed by atoms with Crippen LogP contribution in [0.1, 0.15) is 30.3 Å². The lowest BCUT2D eigenvalue weighted by molar-refractivity contribution is -0.134. The first kappa shape index (κ1) is 17.2. The largest absolute Gasteiger partial charge is 0.348 e. The minimum atomic E-state index is -1.11. The monoisotopic (exact) mass is 357 g/mol. The molecule has 2 atom stereocenters. The van der Waals surface area contributed by atoms with Crippen LogP contribution in [0.2, 0.25) is 0 Å². The summed E-state index contributed by atoms with van der Waals surface area (Å²) in [6, 6.07) is 12.4. The summed E-state index contributed by atoms with van der Waals surface area (Å²) in [4.78, 5) is 38.9. The smallest absolute Gasteiger partial charge is 0.325 e. The molecule has 2 N–H and O–H groups in total. The third-order valence-electron chi connectivity index (χ3n) is 4.27. The number of carbonyl (C=O) groups excluding carboxylic acids is 3. The molecule has 0 saturated carbocycles. The van der Waals surface area contributed by atoms with E-state index in [0.717, 1.165) is 15.3 Å². The molecule has 1 aliphatic rings. The summed E-state index contributed by atoms with van der Waals surface area (Å²) in [5, 5.41) is 7.35. The molecule has 1 aromatic heterocycles. The van der Waals surface area contributed by atoms with Crippen molar-refractivity contribution in [1.29, 1.82) is 0 Å². The molecule has 3 rings (SSSR count). The first-order valence-corrected chi connectivity index (χ1v) is 8.82. The number of hydrogen-bond donors (Lipinski definition) is 2. The number of benzene rings is 1. The highest BCUT2D eigenvalue weighted by molar-refractivity contribution is 7.10. The molecule has 1 aliphatic heterocycles. The van der Waals surface area contributed by atoms with Gasteiger partial charge in [0.15, 0.2) is 5.54 Å². The summed E-state index contributed by atoms with van der Waals surface area (Å²) in [5.41, 5.74) is -0.159. The van der Waals surface area contributed by atoms with Crippen molar-refractivity contribution in [3.63, 3.8) is 0 Å². The quantitative estimate of drug-likeness (QED) is 0.807. The Balaban J connectivity index is 1.67. The lowest BCUT2D eigenvalue weighted by Gasteiger charge is -2.20. The maximum absolute atomic E-state index is 12.7. The van der Waals surface area contributed by atoms with Crippen LogP contribution in [0.5, 0.6) is 0 Å². The first-order valence-electron chi connectivity index (χ1n) is 7.94. The van der Waals surface area contributed by atoms with Gasteiger partial charge in [-0.2, -0.15) is 0 Å². The Bertz CT molecular complexity index is 791. The molecule has 6 nitrogen and oxygen atoms in total. The molecule has 2 unspecified atom stereocenters. The van der Waals surface area contributed by atoms with Crippen molar-refractivity contribution < 1.29 is 14.4 Å². The molecule has 0 aliphatic carbocycles. The minimum Gasteiger partial charge on any atom is -0.348 e. The Kier molecular flexibility index (Phi) is 4.59. The molecule has 1 aromatic carbocycles. The summed E-state index contributed by atoms with van der Waals surface area (Å²) in [6.45, 7) is 3.21. The predicted octanol–water partition coefficient (Wildman–Crippen LogP) is 2.39. The lowest BCUT2D eigenvalue weighted by Crippen LogP contribution is -2.43. The Morgan fingerprint density at radius 1 is 1.24 bits per heavy atom. The highest BCUT2D eigenvalue weighted by Crippen LogP contribution is 2.31. The maximum Gasteiger partial charge on any atom is 0.325 e. The molecule has 1 fully saturated rings. The molecule has 0 spiro atoms. The Morgan fingerprint density at radius 3 is 2.60 bits per heavy atom. The van der Waals surface area contributed by atoms with Gasteiger partial charge in [0.2, 0.25) is 5.91 Å². The van der Waals surface area contributed by atoms with Crippen molar-refractivity contribution in [3.8, 4) is 0 Å². The Morgan fingerprint density at radius 2 is 1.96 bits per heavy atom. The second-order valence-electron chi connectivity index (χ2n) is 6.12. The fourth-order valence-corrected chi connectivity index (χ4v) is 3.66. The predicted molar refractivity (Wildman–Crippen MR) is 94.9 cm³/mol. The molecular formula is C18H19N3O3S. The van der Waals surface area contributed by atoms with Crippen molar-refractivity contribution >= 4 is 29.2 Å². The standard InChI is InChI=1S/C18H19N3O3S/c1-12(13-7-4-3-5-8-13)19-15(22)11-21-16(23)18(2,20-17(21)24)14-9-6-10-25-14/h3-10,12H,11H2,1-2H3,(H,19,22)(H,20,24). The van der Waals surface area contributed by atoms with Gasteiger partial charge < -0.3 is 10.6 Å². The van der Waals surface area contributed by atoms with Crippen LogP contribution >= 0.6 is 11.3 Å². The number of carbonyl (C=O) groups is 3. The molecule has 130 valence electrons. The van der Waals surface area contributed by atoms with E-state index >= 15 is 0 Å². The Hall–Kier alpha value is -2.67. The van der Waals surface area contributed by atoms with Gasteiger partial charge in [-0.05, 0) is 30.9 Å². The van der Waals surface area contributed by atoms with E-state index in [1.165, 1.54) is 11.3 Å². The molecular weight excluding hydrogens is 338 g/mol. The van der Waals surface area contributed by atoms with Gasteiger partial charge in [0.05, 0.1) is 6.04 Å². The molecule has 2 aromatic rings. The topological polar surface area (TPSA) is 78.5 Å². The summed E-state index contributed by atoms with van der Waals surface area (Å²) < 4.78 is 0. The summed E-state index contributed by atoms with van der Waals surface area (Å²) in [7, 11) is 0. The van der Waals surface area contributed by atoms with E-state index in [9.17, 15) is 14.4 Å². The third-order valence-corrected chi connectivity index (χ3v) is 5.36. The van der Waals surface area contributed by atoms with Crippen LogP contribution in [0.15, 0.2) is 47.8 Å². The molecule has 0 bridgehead atoms. The maximum atomic E-state index is 12.7. The zero-order valence-corrected chi connectivity index (χ0v) is 14.8. The van der Waals surface area contributed by atoms with E-state index in [1.54, 1.807) is 13.0 Å². The van der Waals surface area contributed by atoms with Crippen molar-refractivity contribution in [2.24, 2.45) is 0 Å². The van der Waals surface area contributed by atoms with Crippen molar-refractivity contribution in [1.82, 2.24) is 15.5 Å². The van der Waals surface area contributed by atoms with Crippen LogP contribution in [0, 0.1) is 0 Å².